The van der Waals surface area contributed by atoms with E-state index in [2.05, 4.69) is 15.2 Å². The second-order valence-electron chi connectivity index (χ2n) is 8.08. The number of benzene rings is 1. The number of hydrogen-bond acceptors (Lipinski definition) is 5. The zero-order chi connectivity index (χ0) is 21.5. The van der Waals surface area contributed by atoms with Gasteiger partial charge in [-0.15, -0.1) is 5.10 Å². The average molecular weight is 417 g/mol. The quantitative estimate of drug-likeness (QED) is 0.491. The Kier molecular flexibility index (Phi) is 4.65. The predicted octanol–water partition coefficient (Wildman–Crippen LogP) is 1.55. The van der Waals surface area contributed by atoms with Crippen LogP contribution in [0.3, 0.4) is 0 Å². The maximum Gasteiger partial charge on any atom is 0.266 e. The molecule has 0 bridgehead atoms. The van der Waals surface area contributed by atoms with Gasteiger partial charge in [0.05, 0.1) is 29.6 Å². The third kappa shape index (κ3) is 3.63. The number of hydrogen-bond donors (Lipinski definition) is 0. The molecular weight excluding hydrogens is 394 g/mol. The second kappa shape index (κ2) is 7.50. The van der Waals surface area contributed by atoms with Gasteiger partial charge in [0.25, 0.3) is 5.56 Å². The Bertz CT molecular complexity index is 1330. The average Bonchev–Trinajstić information content (AvgIpc) is 3.28. The van der Waals surface area contributed by atoms with Gasteiger partial charge < -0.3 is 9.47 Å². The van der Waals surface area contributed by atoms with Gasteiger partial charge in [0, 0.05) is 30.8 Å². The molecule has 3 aromatic heterocycles. The molecule has 158 valence electrons. The summed E-state index contributed by atoms with van der Waals surface area (Å²) < 4.78 is 5.08. The molecule has 5 rings (SSSR count). The first-order valence-electron chi connectivity index (χ1n) is 10.3. The summed E-state index contributed by atoms with van der Waals surface area (Å²) in [6, 6.07) is 12.9. The highest BCUT2D eigenvalue weighted by Gasteiger charge is 2.31. The van der Waals surface area contributed by atoms with Crippen molar-refractivity contribution in [1.29, 1.82) is 0 Å². The zero-order valence-corrected chi connectivity index (χ0v) is 17.5. The lowest BCUT2D eigenvalue weighted by Crippen LogP contribution is -2.53. The fraction of sp³-hybridized carbons (Fsp3) is 0.318. The number of nitrogens with zero attached hydrogens (tertiary/aromatic N) is 7. The Morgan fingerprint density at radius 1 is 1.10 bits per heavy atom. The van der Waals surface area contributed by atoms with E-state index in [1.54, 1.807) is 17.1 Å². The molecule has 0 radical (unpaired) electrons. The third-order valence-electron chi connectivity index (χ3n) is 5.65. The fourth-order valence-electron chi connectivity index (χ4n) is 4.06. The summed E-state index contributed by atoms with van der Waals surface area (Å²) in [6.45, 7) is 5.85. The fourth-order valence-corrected chi connectivity index (χ4v) is 4.06. The Morgan fingerprint density at radius 3 is 2.68 bits per heavy atom. The Balaban J connectivity index is 1.23. The van der Waals surface area contributed by atoms with Gasteiger partial charge in [0.1, 0.15) is 6.54 Å². The molecule has 0 unspecified atom stereocenters. The van der Waals surface area contributed by atoms with Gasteiger partial charge in [0.2, 0.25) is 5.91 Å². The van der Waals surface area contributed by atoms with Crippen LogP contribution < -0.4 is 5.56 Å². The first-order valence-corrected chi connectivity index (χ1v) is 10.3. The summed E-state index contributed by atoms with van der Waals surface area (Å²) in [6.07, 6.45) is 1.70. The van der Waals surface area contributed by atoms with Crippen LogP contribution in [0.5, 0.6) is 0 Å². The topological polar surface area (TPSA) is 90.8 Å². The molecule has 0 atom stereocenters. The van der Waals surface area contributed by atoms with Crippen molar-refractivity contribution in [3.05, 3.63) is 70.5 Å². The summed E-state index contributed by atoms with van der Waals surface area (Å²) in [7, 11) is 0. The van der Waals surface area contributed by atoms with Gasteiger partial charge >= 0.3 is 0 Å². The summed E-state index contributed by atoms with van der Waals surface area (Å²) in [5.74, 6) is 0.866. The van der Waals surface area contributed by atoms with E-state index in [0.717, 1.165) is 22.4 Å². The lowest BCUT2D eigenvalue weighted by atomic mass is 10.00. The van der Waals surface area contributed by atoms with E-state index in [1.807, 2.05) is 53.6 Å². The van der Waals surface area contributed by atoms with Gasteiger partial charge in [-0.25, -0.2) is 14.3 Å². The van der Waals surface area contributed by atoms with Gasteiger partial charge in [0.15, 0.2) is 5.82 Å². The number of rotatable bonds is 5. The van der Waals surface area contributed by atoms with Crippen LogP contribution in [0.4, 0.5) is 0 Å². The molecule has 1 aliphatic rings. The van der Waals surface area contributed by atoms with Crippen molar-refractivity contribution in [2.45, 2.75) is 26.9 Å². The van der Waals surface area contributed by atoms with E-state index in [1.165, 1.54) is 10.7 Å². The highest BCUT2D eigenvalue weighted by Crippen LogP contribution is 2.19. The maximum absolute atomic E-state index is 12.7. The van der Waals surface area contributed by atoms with E-state index in [9.17, 15) is 9.59 Å². The van der Waals surface area contributed by atoms with Crippen LogP contribution in [0, 0.1) is 19.8 Å². The number of aromatic nitrogens is 6. The number of para-hydroxylation sites is 2. The van der Waals surface area contributed by atoms with Gasteiger partial charge in [-0.1, -0.05) is 12.1 Å². The number of fused-ring (bicyclic) bond motifs is 1. The molecule has 0 saturated carbocycles. The molecule has 1 aliphatic heterocycles. The molecule has 9 heteroatoms. The summed E-state index contributed by atoms with van der Waals surface area (Å²) >= 11 is 0. The van der Waals surface area contributed by atoms with Crippen molar-refractivity contribution < 1.29 is 4.79 Å². The van der Waals surface area contributed by atoms with Crippen LogP contribution >= 0.6 is 0 Å². The van der Waals surface area contributed by atoms with Crippen molar-refractivity contribution in [3.63, 3.8) is 0 Å². The molecular formula is C22H23N7O2. The molecule has 9 nitrogen and oxygen atoms in total. The first kappa shape index (κ1) is 19.2. The van der Waals surface area contributed by atoms with Crippen molar-refractivity contribution in [1.82, 2.24) is 34.0 Å². The number of carbonyl (C=O) groups is 1. The molecule has 4 heterocycles. The number of amides is 1. The monoisotopic (exact) mass is 417 g/mol. The molecule has 0 aliphatic carbocycles. The number of aryl methyl sites for hydroxylation is 2. The molecule has 1 saturated heterocycles. The molecule has 4 aromatic rings. The largest absolute Gasteiger partial charge is 0.340 e. The Hall–Kier alpha value is -3.75. The smallest absolute Gasteiger partial charge is 0.266 e. The van der Waals surface area contributed by atoms with E-state index >= 15 is 0 Å². The number of likely N-dealkylation sites (tertiary alicyclic amines) is 1. The van der Waals surface area contributed by atoms with Crippen LogP contribution in [0.1, 0.15) is 11.4 Å². The Morgan fingerprint density at radius 2 is 1.90 bits per heavy atom. The standard InChI is InChI=1S/C22H23N7O2/c1-15-9-16(2)29(24-15)20-7-8-21(30)28(25-20)12-17-10-26(11-17)22(31)13-27-14-23-18-5-3-4-6-19(18)27/h3-9,14,17H,10-13H2,1-2H3. The highest BCUT2D eigenvalue weighted by molar-refractivity contribution is 5.81. The van der Waals surface area contributed by atoms with Gasteiger partial charge in [-0.3, -0.25) is 9.59 Å². The molecule has 0 N–H and O–H groups in total. The van der Waals surface area contributed by atoms with Crippen LogP contribution in [0.2, 0.25) is 0 Å². The summed E-state index contributed by atoms with van der Waals surface area (Å²) in [5, 5.41) is 8.93. The number of imidazole rings is 1. The summed E-state index contributed by atoms with van der Waals surface area (Å²) in [5.41, 5.74) is 3.54. The summed E-state index contributed by atoms with van der Waals surface area (Å²) in [4.78, 5) is 31.1. The molecule has 31 heavy (non-hydrogen) atoms. The lowest BCUT2D eigenvalue weighted by Gasteiger charge is -2.39. The van der Waals surface area contributed by atoms with Crippen LogP contribution in [-0.4, -0.2) is 53.0 Å². The minimum atomic E-state index is -0.153. The van der Waals surface area contributed by atoms with E-state index in [4.69, 9.17) is 0 Å². The van der Waals surface area contributed by atoms with E-state index in [0.29, 0.717) is 25.5 Å². The van der Waals surface area contributed by atoms with Gasteiger partial charge in [-0.2, -0.15) is 5.10 Å². The molecule has 1 aromatic carbocycles. The van der Waals surface area contributed by atoms with Crippen molar-refractivity contribution in [3.8, 4) is 5.82 Å². The maximum atomic E-state index is 12.7. The van der Waals surface area contributed by atoms with Crippen molar-refractivity contribution in [2.75, 3.05) is 13.1 Å². The zero-order valence-electron chi connectivity index (χ0n) is 17.5. The molecule has 1 amide bonds. The molecule has 0 spiro atoms. The third-order valence-corrected chi connectivity index (χ3v) is 5.65. The van der Waals surface area contributed by atoms with Crippen molar-refractivity contribution >= 4 is 16.9 Å². The minimum absolute atomic E-state index is 0.0519. The van der Waals surface area contributed by atoms with Crippen LogP contribution in [-0.2, 0) is 17.9 Å². The second-order valence-corrected chi connectivity index (χ2v) is 8.08. The first-order chi connectivity index (χ1) is 15.0. The Labute approximate surface area is 178 Å². The molecule has 1 fully saturated rings. The minimum Gasteiger partial charge on any atom is -0.340 e. The SMILES string of the molecule is Cc1cc(C)n(-c2ccc(=O)n(CC3CN(C(=O)Cn4cnc5ccccc54)C3)n2)n1. The normalized spacial score (nSPS) is 14.2. The van der Waals surface area contributed by atoms with E-state index in [-0.39, 0.29) is 23.9 Å². The highest BCUT2D eigenvalue weighted by atomic mass is 16.2. The number of carbonyl (C=O) groups excluding carboxylic acids is 1. The van der Waals surface area contributed by atoms with Gasteiger partial charge in [-0.05, 0) is 38.1 Å². The van der Waals surface area contributed by atoms with Crippen LogP contribution in [0.25, 0.3) is 16.9 Å². The van der Waals surface area contributed by atoms with E-state index < -0.39 is 0 Å². The lowest BCUT2D eigenvalue weighted by molar-refractivity contribution is -0.138. The van der Waals surface area contributed by atoms with Crippen molar-refractivity contribution in [2.24, 2.45) is 5.92 Å². The van der Waals surface area contributed by atoms with Crippen LogP contribution in [0.15, 0.2) is 53.6 Å². The predicted molar refractivity (Wildman–Crippen MR) is 115 cm³/mol.